The molecule has 0 radical (unpaired) electrons. The van der Waals surface area contributed by atoms with Crippen molar-refractivity contribution in [2.45, 2.75) is 6.42 Å². The fourth-order valence-corrected chi connectivity index (χ4v) is 1.39. The van der Waals surface area contributed by atoms with Crippen molar-refractivity contribution in [2.75, 3.05) is 13.6 Å². The van der Waals surface area contributed by atoms with Gasteiger partial charge in [-0.3, -0.25) is 4.79 Å². The summed E-state index contributed by atoms with van der Waals surface area (Å²) in [5.74, 6) is 2.42. The van der Waals surface area contributed by atoms with Crippen molar-refractivity contribution >= 4 is 17.5 Å². The minimum absolute atomic E-state index is 0.00443. The van der Waals surface area contributed by atoms with Gasteiger partial charge in [0.1, 0.15) is 0 Å². The van der Waals surface area contributed by atoms with E-state index in [-0.39, 0.29) is 5.91 Å². The second-order valence-electron chi connectivity index (χ2n) is 3.26. The number of benzene rings is 1. The Morgan fingerprint density at radius 1 is 1.60 bits per heavy atom. The predicted octanol–water partition coefficient (Wildman–Crippen LogP) is 1.97. The third kappa shape index (κ3) is 3.65. The summed E-state index contributed by atoms with van der Waals surface area (Å²) in [5.41, 5.74) is 0.899. The summed E-state index contributed by atoms with van der Waals surface area (Å²) < 4.78 is 0. The van der Waals surface area contributed by atoms with E-state index in [2.05, 4.69) is 5.92 Å². The van der Waals surface area contributed by atoms with Crippen LogP contribution in [0.25, 0.3) is 0 Å². The first-order valence-corrected chi connectivity index (χ1v) is 4.93. The summed E-state index contributed by atoms with van der Waals surface area (Å²) in [4.78, 5) is 13.1. The zero-order valence-corrected chi connectivity index (χ0v) is 9.29. The molecule has 0 heterocycles. The van der Waals surface area contributed by atoms with Crippen LogP contribution in [-0.2, 0) is 11.2 Å². The van der Waals surface area contributed by atoms with Crippen molar-refractivity contribution in [2.24, 2.45) is 0 Å². The van der Waals surface area contributed by atoms with Crippen LogP contribution < -0.4 is 0 Å². The van der Waals surface area contributed by atoms with Crippen molar-refractivity contribution in [1.82, 2.24) is 4.90 Å². The molecule has 0 saturated heterocycles. The molecule has 0 aliphatic carbocycles. The molecule has 78 valence electrons. The van der Waals surface area contributed by atoms with E-state index in [9.17, 15) is 4.79 Å². The summed E-state index contributed by atoms with van der Waals surface area (Å²) in [7, 11) is 1.69. The maximum absolute atomic E-state index is 11.6. The van der Waals surface area contributed by atoms with Crippen molar-refractivity contribution in [1.29, 1.82) is 0 Å². The Kier molecular flexibility index (Phi) is 4.20. The van der Waals surface area contributed by atoms with Crippen LogP contribution in [0.2, 0.25) is 5.02 Å². The number of hydrogen-bond donors (Lipinski definition) is 0. The Morgan fingerprint density at radius 2 is 2.33 bits per heavy atom. The van der Waals surface area contributed by atoms with E-state index >= 15 is 0 Å². The lowest BCUT2D eigenvalue weighted by Gasteiger charge is -2.13. The van der Waals surface area contributed by atoms with Crippen LogP contribution in [0.5, 0.6) is 0 Å². The number of likely N-dealkylation sites (N-methyl/N-ethyl adjacent to an activating group) is 1. The summed E-state index contributed by atoms with van der Waals surface area (Å²) in [6, 6.07) is 7.25. The molecule has 0 N–H and O–H groups in total. The van der Waals surface area contributed by atoms with Crippen LogP contribution in [0.1, 0.15) is 5.56 Å². The van der Waals surface area contributed by atoms with Crippen LogP contribution in [-0.4, -0.2) is 24.4 Å². The molecule has 0 aromatic heterocycles. The van der Waals surface area contributed by atoms with Gasteiger partial charge in [0, 0.05) is 12.1 Å². The monoisotopic (exact) mass is 221 g/mol. The molecule has 3 heteroatoms. The van der Waals surface area contributed by atoms with Gasteiger partial charge in [-0.25, -0.2) is 0 Å². The number of halogens is 1. The standard InChI is InChI=1S/C12H12ClNO/c1-3-7-14(2)12(15)9-10-5-4-6-11(13)8-10/h1,4-6,8H,7,9H2,2H3. The van der Waals surface area contributed by atoms with E-state index in [4.69, 9.17) is 18.0 Å². The molecule has 0 fully saturated rings. The van der Waals surface area contributed by atoms with Crippen LogP contribution in [0.4, 0.5) is 0 Å². The lowest BCUT2D eigenvalue weighted by atomic mass is 10.1. The molecule has 2 nitrogen and oxygen atoms in total. The minimum atomic E-state index is -0.00443. The highest BCUT2D eigenvalue weighted by Gasteiger charge is 2.08. The number of terminal acetylenes is 1. The van der Waals surface area contributed by atoms with Gasteiger partial charge in [-0.2, -0.15) is 0 Å². The van der Waals surface area contributed by atoms with Gasteiger partial charge in [-0.1, -0.05) is 29.7 Å². The number of amides is 1. The average Bonchev–Trinajstić information content (AvgIpc) is 2.18. The van der Waals surface area contributed by atoms with Crippen LogP contribution in [0.3, 0.4) is 0 Å². The van der Waals surface area contributed by atoms with E-state index < -0.39 is 0 Å². The van der Waals surface area contributed by atoms with Crippen LogP contribution in [0.15, 0.2) is 24.3 Å². The first-order valence-electron chi connectivity index (χ1n) is 4.55. The number of hydrogen-bond acceptors (Lipinski definition) is 1. The summed E-state index contributed by atoms with van der Waals surface area (Å²) in [6.45, 7) is 0.333. The van der Waals surface area contributed by atoms with Crippen LogP contribution in [0, 0.1) is 12.3 Å². The maximum atomic E-state index is 11.6. The molecular formula is C12H12ClNO. The van der Waals surface area contributed by atoms with Crippen molar-refractivity contribution in [3.63, 3.8) is 0 Å². The lowest BCUT2D eigenvalue weighted by molar-refractivity contribution is -0.128. The molecule has 0 atom stereocenters. The minimum Gasteiger partial charge on any atom is -0.334 e. The number of carbonyl (C=O) groups excluding carboxylic acids is 1. The SMILES string of the molecule is C#CCN(C)C(=O)Cc1cccc(Cl)c1. The second-order valence-corrected chi connectivity index (χ2v) is 3.70. The van der Waals surface area contributed by atoms with Crippen molar-refractivity contribution < 1.29 is 4.79 Å². The molecule has 0 unspecified atom stereocenters. The predicted molar refractivity (Wildman–Crippen MR) is 61.6 cm³/mol. The van der Waals surface area contributed by atoms with Gasteiger partial charge in [-0.15, -0.1) is 6.42 Å². The number of rotatable bonds is 3. The van der Waals surface area contributed by atoms with Gasteiger partial charge in [0.2, 0.25) is 5.91 Å². The van der Waals surface area contributed by atoms with Gasteiger partial charge in [-0.05, 0) is 17.7 Å². The number of carbonyl (C=O) groups is 1. The molecule has 0 aliphatic rings. The van der Waals surface area contributed by atoms with E-state index in [1.165, 1.54) is 4.90 Å². The zero-order valence-electron chi connectivity index (χ0n) is 8.53. The Labute approximate surface area is 94.8 Å². The fraction of sp³-hybridized carbons (Fsp3) is 0.250. The highest BCUT2D eigenvalue weighted by molar-refractivity contribution is 6.30. The van der Waals surface area contributed by atoms with E-state index in [1.807, 2.05) is 12.1 Å². The van der Waals surface area contributed by atoms with Crippen molar-refractivity contribution in [3.05, 3.63) is 34.9 Å². The lowest BCUT2D eigenvalue weighted by Crippen LogP contribution is -2.28. The Morgan fingerprint density at radius 3 is 2.93 bits per heavy atom. The molecule has 1 rings (SSSR count). The van der Waals surface area contributed by atoms with Crippen molar-refractivity contribution in [3.8, 4) is 12.3 Å². The highest BCUT2D eigenvalue weighted by Crippen LogP contribution is 2.11. The third-order valence-electron chi connectivity index (χ3n) is 2.00. The summed E-state index contributed by atoms with van der Waals surface area (Å²) >= 11 is 5.81. The van der Waals surface area contributed by atoms with Gasteiger partial charge in [0.25, 0.3) is 0 Å². The van der Waals surface area contributed by atoms with Gasteiger partial charge in [0.15, 0.2) is 0 Å². The van der Waals surface area contributed by atoms with Crippen LogP contribution >= 0.6 is 11.6 Å². The Balaban J connectivity index is 2.63. The topological polar surface area (TPSA) is 20.3 Å². The highest BCUT2D eigenvalue weighted by atomic mass is 35.5. The molecule has 0 spiro atoms. The molecule has 0 saturated carbocycles. The molecule has 1 aromatic rings. The molecule has 0 bridgehead atoms. The fourth-order valence-electron chi connectivity index (χ4n) is 1.18. The van der Waals surface area contributed by atoms with Gasteiger partial charge < -0.3 is 4.90 Å². The summed E-state index contributed by atoms with van der Waals surface area (Å²) in [5, 5.41) is 0.639. The largest absolute Gasteiger partial charge is 0.334 e. The normalized spacial score (nSPS) is 9.40. The Hall–Kier alpha value is -1.46. The van der Waals surface area contributed by atoms with E-state index in [1.54, 1.807) is 19.2 Å². The molecule has 0 aliphatic heterocycles. The van der Waals surface area contributed by atoms with Gasteiger partial charge in [0.05, 0.1) is 13.0 Å². The number of nitrogens with zero attached hydrogens (tertiary/aromatic N) is 1. The summed E-state index contributed by atoms with van der Waals surface area (Å²) in [6.07, 6.45) is 5.45. The molecule has 15 heavy (non-hydrogen) atoms. The smallest absolute Gasteiger partial charge is 0.227 e. The maximum Gasteiger partial charge on any atom is 0.227 e. The van der Waals surface area contributed by atoms with Gasteiger partial charge >= 0.3 is 0 Å². The third-order valence-corrected chi connectivity index (χ3v) is 2.23. The Bertz CT molecular complexity index is 395. The van der Waals surface area contributed by atoms with E-state index in [0.717, 1.165) is 5.56 Å². The zero-order chi connectivity index (χ0) is 11.3. The second kappa shape index (κ2) is 5.43. The first kappa shape index (κ1) is 11.6. The van der Waals surface area contributed by atoms with E-state index in [0.29, 0.717) is 18.0 Å². The molecule has 1 aromatic carbocycles. The quantitative estimate of drug-likeness (QED) is 0.715. The molecule has 1 amide bonds. The average molecular weight is 222 g/mol. The first-order chi connectivity index (χ1) is 7.13. The molecular weight excluding hydrogens is 210 g/mol.